The third-order valence-corrected chi connectivity index (χ3v) is 6.31. The van der Waals surface area contributed by atoms with E-state index in [2.05, 4.69) is 10.2 Å². The van der Waals surface area contributed by atoms with Crippen molar-refractivity contribution in [2.75, 3.05) is 26.2 Å². The van der Waals surface area contributed by atoms with Crippen LogP contribution >= 0.6 is 0 Å². The van der Waals surface area contributed by atoms with Crippen molar-refractivity contribution in [3.05, 3.63) is 0 Å². The minimum atomic E-state index is 0.314. The van der Waals surface area contributed by atoms with Gasteiger partial charge >= 0.3 is 0 Å². The van der Waals surface area contributed by atoms with Gasteiger partial charge in [-0.1, -0.05) is 12.8 Å². The normalized spacial score (nSPS) is 33.3. The molecule has 2 saturated carbocycles. The van der Waals surface area contributed by atoms with E-state index in [1.165, 1.54) is 90.4 Å². The summed E-state index contributed by atoms with van der Waals surface area (Å²) in [6.45, 7) is 5.01. The molecule has 1 N–H and O–H groups in total. The molecule has 0 bridgehead atoms. The molecule has 2 saturated heterocycles. The van der Waals surface area contributed by atoms with E-state index >= 15 is 0 Å². The van der Waals surface area contributed by atoms with Crippen LogP contribution in [0.3, 0.4) is 0 Å². The van der Waals surface area contributed by atoms with Crippen LogP contribution in [0.15, 0.2) is 0 Å². The quantitative estimate of drug-likeness (QED) is 0.843. The van der Waals surface area contributed by atoms with Crippen LogP contribution < -0.4 is 5.32 Å². The van der Waals surface area contributed by atoms with Gasteiger partial charge in [0.2, 0.25) is 0 Å². The Hall–Kier alpha value is -0.120. The van der Waals surface area contributed by atoms with Gasteiger partial charge in [-0.25, -0.2) is 0 Å². The highest BCUT2D eigenvalue weighted by molar-refractivity contribution is 4.95. The fourth-order valence-corrected chi connectivity index (χ4v) is 4.88. The van der Waals surface area contributed by atoms with Gasteiger partial charge in [-0.15, -0.1) is 0 Å². The Morgan fingerprint density at radius 1 is 0.905 bits per heavy atom. The number of piperidine rings is 1. The first kappa shape index (κ1) is 14.5. The van der Waals surface area contributed by atoms with E-state index < -0.39 is 0 Å². The second-order valence-corrected chi connectivity index (χ2v) is 8.05. The summed E-state index contributed by atoms with van der Waals surface area (Å²) >= 11 is 0. The maximum absolute atomic E-state index is 6.55. The number of nitrogens with zero attached hydrogens (tertiary/aromatic N) is 1. The molecule has 1 atom stereocenters. The molecule has 4 aliphatic rings. The molecule has 4 rings (SSSR count). The number of ether oxygens (including phenoxy) is 1. The van der Waals surface area contributed by atoms with Gasteiger partial charge in [-0.2, -0.15) is 0 Å². The van der Waals surface area contributed by atoms with E-state index in [-0.39, 0.29) is 0 Å². The predicted molar refractivity (Wildman–Crippen MR) is 85.5 cm³/mol. The molecule has 0 radical (unpaired) electrons. The Morgan fingerprint density at radius 3 is 2.38 bits per heavy atom. The lowest BCUT2D eigenvalue weighted by molar-refractivity contribution is -0.0496. The second-order valence-electron chi connectivity index (χ2n) is 8.05. The molecule has 0 aromatic rings. The predicted octanol–water partition coefficient (Wildman–Crippen LogP) is 2.94. The molecular formula is C18H32N2O. The molecule has 4 fully saturated rings. The molecule has 0 aromatic carbocycles. The first-order chi connectivity index (χ1) is 10.3. The standard InChI is InChI=1S/C18H32N2O/c1-2-9-18(8-1)10-5-17(21-18)14-20(16-3-4-16)13-15-6-11-19-12-7-15/h15-17,19H,1-14H2. The SMILES string of the molecule is C1CCC2(C1)CCC(CN(CC1CCNCC1)C1CC1)O2. The number of rotatable bonds is 5. The third kappa shape index (κ3) is 3.46. The Labute approximate surface area is 129 Å². The summed E-state index contributed by atoms with van der Waals surface area (Å²) in [5.74, 6) is 0.925. The van der Waals surface area contributed by atoms with Crippen LogP contribution in [0.1, 0.15) is 64.2 Å². The zero-order valence-corrected chi connectivity index (χ0v) is 13.5. The molecule has 3 heteroatoms. The highest BCUT2D eigenvalue weighted by Gasteiger charge is 2.43. The molecule has 0 amide bonds. The van der Waals surface area contributed by atoms with E-state index in [1.807, 2.05) is 0 Å². The van der Waals surface area contributed by atoms with E-state index in [9.17, 15) is 0 Å². The van der Waals surface area contributed by atoms with E-state index in [0.29, 0.717) is 11.7 Å². The molecule has 120 valence electrons. The minimum absolute atomic E-state index is 0.314. The largest absolute Gasteiger partial charge is 0.370 e. The fraction of sp³-hybridized carbons (Fsp3) is 1.00. The van der Waals surface area contributed by atoms with E-state index in [0.717, 1.165) is 12.0 Å². The zero-order valence-electron chi connectivity index (χ0n) is 13.5. The van der Waals surface area contributed by atoms with Crippen LogP contribution in [0.2, 0.25) is 0 Å². The Morgan fingerprint density at radius 2 is 1.67 bits per heavy atom. The summed E-state index contributed by atoms with van der Waals surface area (Å²) in [7, 11) is 0. The topological polar surface area (TPSA) is 24.5 Å². The van der Waals surface area contributed by atoms with Gasteiger partial charge in [-0.05, 0) is 70.4 Å². The Kier molecular flexibility index (Phi) is 4.25. The number of hydrogen-bond donors (Lipinski definition) is 1. The van der Waals surface area contributed by atoms with Crippen molar-refractivity contribution in [2.45, 2.75) is 82.0 Å². The Bertz CT molecular complexity index is 343. The Balaban J connectivity index is 1.30. The van der Waals surface area contributed by atoms with Crippen LogP contribution in [0.4, 0.5) is 0 Å². The second kappa shape index (κ2) is 6.17. The van der Waals surface area contributed by atoms with Crippen molar-refractivity contribution >= 4 is 0 Å². The minimum Gasteiger partial charge on any atom is -0.370 e. The van der Waals surface area contributed by atoms with Crippen LogP contribution in [-0.4, -0.2) is 48.8 Å². The highest BCUT2D eigenvalue weighted by atomic mass is 16.5. The summed E-state index contributed by atoms with van der Waals surface area (Å²) < 4.78 is 6.55. The van der Waals surface area contributed by atoms with Gasteiger partial charge in [0.1, 0.15) is 0 Å². The lowest BCUT2D eigenvalue weighted by Gasteiger charge is -2.32. The van der Waals surface area contributed by atoms with Gasteiger partial charge in [0.25, 0.3) is 0 Å². The smallest absolute Gasteiger partial charge is 0.0710 e. The molecular weight excluding hydrogens is 260 g/mol. The van der Waals surface area contributed by atoms with Crippen molar-refractivity contribution < 1.29 is 4.74 Å². The molecule has 0 aromatic heterocycles. The molecule has 1 spiro atoms. The average molecular weight is 292 g/mol. The first-order valence-corrected chi connectivity index (χ1v) is 9.46. The maximum atomic E-state index is 6.55. The molecule has 2 aliphatic heterocycles. The lowest BCUT2D eigenvalue weighted by Crippen LogP contribution is -2.41. The van der Waals surface area contributed by atoms with Crippen molar-refractivity contribution in [3.63, 3.8) is 0 Å². The van der Waals surface area contributed by atoms with Crippen molar-refractivity contribution in [3.8, 4) is 0 Å². The number of hydrogen-bond acceptors (Lipinski definition) is 3. The van der Waals surface area contributed by atoms with Crippen LogP contribution in [-0.2, 0) is 4.74 Å². The zero-order chi connectivity index (χ0) is 14.1. The number of nitrogens with one attached hydrogen (secondary N) is 1. The van der Waals surface area contributed by atoms with Crippen molar-refractivity contribution in [1.29, 1.82) is 0 Å². The average Bonchev–Trinajstić information content (AvgIpc) is 3.15. The van der Waals surface area contributed by atoms with Crippen LogP contribution in [0.5, 0.6) is 0 Å². The van der Waals surface area contributed by atoms with E-state index in [4.69, 9.17) is 4.74 Å². The summed E-state index contributed by atoms with van der Waals surface area (Å²) in [6.07, 6.45) is 14.3. The van der Waals surface area contributed by atoms with Crippen molar-refractivity contribution in [1.82, 2.24) is 10.2 Å². The molecule has 2 aliphatic carbocycles. The summed E-state index contributed by atoms with van der Waals surface area (Å²) in [4.78, 5) is 2.80. The molecule has 21 heavy (non-hydrogen) atoms. The first-order valence-electron chi connectivity index (χ1n) is 9.46. The fourth-order valence-electron chi connectivity index (χ4n) is 4.88. The van der Waals surface area contributed by atoms with Gasteiger partial charge in [0.05, 0.1) is 11.7 Å². The molecule has 1 unspecified atom stereocenters. The molecule has 3 nitrogen and oxygen atoms in total. The van der Waals surface area contributed by atoms with Gasteiger partial charge < -0.3 is 10.1 Å². The monoisotopic (exact) mass is 292 g/mol. The highest BCUT2D eigenvalue weighted by Crippen LogP contribution is 2.44. The molecule has 2 heterocycles. The lowest BCUT2D eigenvalue weighted by atomic mass is 9.97. The van der Waals surface area contributed by atoms with Crippen molar-refractivity contribution in [2.24, 2.45) is 5.92 Å². The van der Waals surface area contributed by atoms with Gasteiger partial charge in [-0.3, -0.25) is 4.90 Å². The third-order valence-electron chi connectivity index (χ3n) is 6.31. The van der Waals surface area contributed by atoms with E-state index in [1.54, 1.807) is 0 Å². The van der Waals surface area contributed by atoms with Gasteiger partial charge in [0, 0.05) is 19.1 Å². The van der Waals surface area contributed by atoms with Crippen LogP contribution in [0.25, 0.3) is 0 Å². The van der Waals surface area contributed by atoms with Gasteiger partial charge in [0.15, 0.2) is 0 Å². The summed E-state index contributed by atoms with van der Waals surface area (Å²) in [5.41, 5.74) is 0.314. The summed E-state index contributed by atoms with van der Waals surface area (Å²) in [5, 5.41) is 3.50. The summed E-state index contributed by atoms with van der Waals surface area (Å²) in [6, 6.07) is 0.892. The maximum Gasteiger partial charge on any atom is 0.0710 e. The van der Waals surface area contributed by atoms with Crippen LogP contribution in [0, 0.1) is 5.92 Å².